The van der Waals surface area contributed by atoms with Crippen LogP contribution in [0, 0.1) is 0 Å². The van der Waals surface area contributed by atoms with Gasteiger partial charge in [-0.2, -0.15) is 0 Å². The van der Waals surface area contributed by atoms with E-state index < -0.39 is 0 Å². The molecule has 5 heteroatoms. The molecule has 0 aromatic carbocycles. The number of hydrogen-bond donors (Lipinski definition) is 0. The van der Waals surface area contributed by atoms with Crippen LogP contribution in [-0.2, 0) is 9.47 Å². The van der Waals surface area contributed by atoms with Gasteiger partial charge in [-0.15, -0.1) is 0 Å². The van der Waals surface area contributed by atoms with Crippen molar-refractivity contribution in [3.8, 4) is 0 Å². The molecule has 0 bridgehead atoms. The first-order chi connectivity index (χ1) is 10.8. The summed E-state index contributed by atoms with van der Waals surface area (Å²) in [5.74, 6) is 0.140. The molecule has 1 saturated heterocycles. The zero-order valence-corrected chi connectivity index (χ0v) is 13.4. The predicted molar refractivity (Wildman–Crippen MR) is 84.1 cm³/mol. The van der Waals surface area contributed by atoms with Crippen molar-refractivity contribution in [1.29, 1.82) is 0 Å². The molecule has 1 amide bonds. The molecule has 1 aromatic rings. The van der Waals surface area contributed by atoms with Gasteiger partial charge in [-0.1, -0.05) is 12.8 Å². The van der Waals surface area contributed by atoms with Crippen LogP contribution in [0.4, 0.5) is 0 Å². The van der Waals surface area contributed by atoms with Crippen molar-refractivity contribution in [2.45, 2.75) is 44.2 Å². The number of carbonyl (C=O) groups excluding carboxylic acids is 1. The molecule has 1 saturated carbocycles. The fourth-order valence-electron chi connectivity index (χ4n) is 3.64. The lowest BCUT2D eigenvalue weighted by Gasteiger charge is -2.36. The summed E-state index contributed by atoms with van der Waals surface area (Å²) in [4.78, 5) is 15.0. The average Bonchev–Trinajstić information content (AvgIpc) is 3.22. The quantitative estimate of drug-likeness (QED) is 0.839. The van der Waals surface area contributed by atoms with Crippen LogP contribution < -0.4 is 0 Å². The van der Waals surface area contributed by atoms with Gasteiger partial charge in [0, 0.05) is 32.5 Å². The van der Waals surface area contributed by atoms with E-state index in [2.05, 4.69) is 10.8 Å². The molecule has 0 N–H and O–H groups in total. The number of nitrogens with zero attached hydrogens (tertiary/aromatic N) is 2. The summed E-state index contributed by atoms with van der Waals surface area (Å²) < 4.78 is 12.9. The van der Waals surface area contributed by atoms with E-state index >= 15 is 0 Å². The van der Waals surface area contributed by atoms with Gasteiger partial charge in [-0.3, -0.25) is 4.79 Å². The number of rotatable bonds is 5. The Kier molecular flexibility index (Phi) is 5.16. The van der Waals surface area contributed by atoms with Crippen LogP contribution in [0.2, 0.25) is 0 Å². The molecule has 2 heterocycles. The normalized spacial score (nSPS) is 23.1. The lowest BCUT2D eigenvalue weighted by atomic mass is 10.1. The third-order valence-corrected chi connectivity index (χ3v) is 4.86. The van der Waals surface area contributed by atoms with Gasteiger partial charge in [0.2, 0.25) is 0 Å². The molecule has 1 aliphatic heterocycles. The molecule has 2 fully saturated rings. The highest BCUT2D eigenvalue weighted by atomic mass is 16.5. The molecule has 2 aliphatic rings. The first-order valence-electron chi connectivity index (χ1n) is 8.35. The number of methoxy groups -OCH3 is 1. The van der Waals surface area contributed by atoms with Gasteiger partial charge in [0.15, 0.2) is 0 Å². The molecular weight excluding hydrogens is 280 g/mol. The molecule has 3 rings (SSSR count). The summed E-state index contributed by atoms with van der Waals surface area (Å²) in [6.07, 6.45) is 7.80. The largest absolute Gasteiger partial charge is 0.385 e. The van der Waals surface area contributed by atoms with E-state index in [1.54, 1.807) is 7.11 Å². The second-order valence-corrected chi connectivity index (χ2v) is 6.25. The summed E-state index contributed by atoms with van der Waals surface area (Å²) in [6.45, 7) is 2.56. The second kappa shape index (κ2) is 7.29. The Morgan fingerprint density at radius 3 is 3.00 bits per heavy atom. The minimum absolute atomic E-state index is 0.119. The van der Waals surface area contributed by atoms with E-state index in [4.69, 9.17) is 9.47 Å². The van der Waals surface area contributed by atoms with Crippen molar-refractivity contribution in [2.75, 3.05) is 33.5 Å². The van der Waals surface area contributed by atoms with Crippen LogP contribution in [0.25, 0.3) is 0 Å². The molecular formula is C17H26N2O3. The van der Waals surface area contributed by atoms with Crippen LogP contribution in [0.1, 0.15) is 48.6 Å². The fourth-order valence-corrected chi connectivity index (χ4v) is 3.64. The van der Waals surface area contributed by atoms with Gasteiger partial charge in [0.1, 0.15) is 5.69 Å². The van der Waals surface area contributed by atoms with Crippen LogP contribution in [0.15, 0.2) is 18.3 Å². The van der Waals surface area contributed by atoms with Crippen molar-refractivity contribution < 1.29 is 14.3 Å². The zero-order chi connectivity index (χ0) is 15.4. The van der Waals surface area contributed by atoms with Crippen LogP contribution in [-0.4, -0.2) is 54.9 Å². The number of carbonyl (C=O) groups is 1. The van der Waals surface area contributed by atoms with E-state index in [-0.39, 0.29) is 11.9 Å². The number of morpholine rings is 1. The summed E-state index contributed by atoms with van der Waals surface area (Å²) >= 11 is 0. The molecule has 1 aromatic heterocycles. The molecule has 22 heavy (non-hydrogen) atoms. The zero-order valence-electron chi connectivity index (χ0n) is 13.4. The fraction of sp³-hybridized carbons (Fsp3) is 0.706. The standard InChI is InChI=1S/C17H26N2O3/c1-21-11-8-15-13-22-12-10-19(15)17(20)16-7-4-9-18(16)14-5-2-3-6-14/h4,7,9,14-15H,2-3,5-6,8,10-13H2,1H3. The first kappa shape index (κ1) is 15.6. The van der Waals surface area contributed by atoms with Gasteiger partial charge in [0.25, 0.3) is 5.91 Å². The minimum Gasteiger partial charge on any atom is -0.385 e. The SMILES string of the molecule is COCCC1COCCN1C(=O)c1cccn1C1CCCC1. The average molecular weight is 306 g/mol. The van der Waals surface area contributed by atoms with E-state index in [9.17, 15) is 4.79 Å². The van der Waals surface area contributed by atoms with Gasteiger partial charge < -0.3 is 18.9 Å². The van der Waals surface area contributed by atoms with Gasteiger partial charge in [-0.25, -0.2) is 0 Å². The smallest absolute Gasteiger partial charge is 0.270 e. The lowest BCUT2D eigenvalue weighted by Crippen LogP contribution is -2.49. The maximum absolute atomic E-state index is 13.0. The molecule has 1 aliphatic carbocycles. The summed E-state index contributed by atoms with van der Waals surface area (Å²) in [7, 11) is 1.70. The number of ether oxygens (including phenoxy) is 2. The van der Waals surface area contributed by atoms with E-state index in [1.807, 2.05) is 17.0 Å². The Labute approximate surface area is 132 Å². The molecule has 0 spiro atoms. The van der Waals surface area contributed by atoms with Gasteiger partial charge in [0.05, 0.1) is 19.3 Å². The summed E-state index contributed by atoms with van der Waals surface area (Å²) in [5.41, 5.74) is 0.830. The van der Waals surface area contributed by atoms with Gasteiger partial charge >= 0.3 is 0 Å². The van der Waals surface area contributed by atoms with Crippen molar-refractivity contribution in [2.24, 2.45) is 0 Å². The highest BCUT2D eigenvalue weighted by Gasteiger charge is 2.30. The predicted octanol–water partition coefficient (Wildman–Crippen LogP) is 2.48. The Morgan fingerprint density at radius 1 is 1.41 bits per heavy atom. The topological polar surface area (TPSA) is 43.7 Å². The van der Waals surface area contributed by atoms with E-state index in [0.29, 0.717) is 32.4 Å². The first-order valence-corrected chi connectivity index (χ1v) is 8.35. The Balaban J connectivity index is 1.75. The molecule has 1 unspecified atom stereocenters. The Hall–Kier alpha value is -1.33. The van der Waals surface area contributed by atoms with Crippen molar-refractivity contribution in [1.82, 2.24) is 9.47 Å². The van der Waals surface area contributed by atoms with Crippen molar-refractivity contribution >= 4 is 5.91 Å². The van der Waals surface area contributed by atoms with E-state index in [1.165, 1.54) is 25.7 Å². The highest BCUT2D eigenvalue weighted by molar-refractivity contribution is 5.93. The molecule has 5 nitrogen and oxygen atoms in total. The maximum atomic E-state index is 13.0. The summed E-state index contributed by atoms with van der Waals surface area (Å²) in [6, 6.07) is 4.57. The molecule has 122 valence electrons. The van der Waals surface area contributed by atoms with Crippen molar-refractivity contribution in [3.63, 3.8) is 0 Å². The molecule has 1 atom stereocenters. The maximum Gasteiger partial charge on any atom is 0.270 e. The lowest BCUT2D eigenvalue weighted by molar-refractivity contribution is -0.0109. The van der Waals surface area contributed by atoms with Crippen molar-refractivity contribution in [3.05, 3.63) is 24.0 Å². The number of hydrogen-bond acceptors (Lipinski definition) is 3. The van der Waals surface area contributed by atoms with Gasteiger partial charge in [-0.05, 0) is 31.4 Å². The number of amides is 1. The Bertz CT molecular complexity index is 494. The van der Waals surface area contributed by atoms with Crippen LogP contribution in [0.3, 0.4) is 0 Å². The highest BCUT2D eigenvalue weighted by Crippen LogP contribution is 2.31. The van der Waals surface area contributed by atoms with Crippen LogP contribution in [0.5, 0.6) is 0 Å². The van der Waals surface area contributed by atoms with E-state index in [0.717, 1.165) is 12.1 Å². The third-order valence-electron chi connectivity index (χ3n) is 4.86. The Morgan fingerprint density at radius 2 is 2.23 bits per heavy atom. The summed E-state index contributed by atoms with van der Waals surface area (Å²) in [5, 5.41) is 0. The minimum atomic E-state index is 0.119. The number of aromatic nitrogens is 1. The molecule has 0 radical (unpaired) electrons. The van der Waals surface area contributed by atoms with Crippen LogP contribution >= 0.6 is 0 Å². The monoisotopic (exact) mass is 306 g/mol. The third kappa shape index (κ3) is 3.20. The second-order valence-electron chi connectivity index (χ2n) is 6.25.